The molecule has 0 unspecified atom stereocenters. The van der Waals surface area contributed by atoms with Gasteiger partial charge >= 0.3 is 6.03 Å². The molecule has 5 nitrogen and oxygen atoms in total. The molecule has 0 aromatic carbocycles. The third-order valence-electron chi connectivity index (χ3n) is 2.47. The molecule has 2 N–H and O–H groups in total. The van der Waals surface area contributed by atoms with E-state index in [-0.39, 0.29) is 11.9 Å². The van der Waals surface area contributed by atoms with Crippen LogP contribution in [-0.4, -0.2) is 42.5 Å². The molecule has 1 spiro atoms. The summed E-state index contributed by atoms with van der Waals surface area (Å²) in [5.41, 5.74) is -0.633. The molecule has 12 heavy (non-hydrogen) atoms. The summed E-state index contributed by atoms with van der Waals surface area (Å²) in [5.74, 6) is -0.183. The van der Waals surface area contributed by atoms with Crippen LogP contribution in [0.5, 0.6) is 0 Å². The normalized spacial score (nSPS) is 35.8. The quantitative estimate of drug-likeness (QED) is 0.452. The fraction of sp³-hybridized carbons (Fsp3) is 0.714. The van der Waals surface area contributed by atoms with Crippen LogP contribution in [0, 0.1) is 0 Å². The highest BCUT2D eigenvalue weighted by molar-refractivity contribution is 6.07. The van der Waals surface area contributed by atoms with E-state index in [0.717, 1.165) is 6.54 Å². The van der Waals surface area contributed by atoms with Gasteiger partial charge in [-0.25, -0.2) is 4.79 Å². The van der Waals surface area contributed by atoms with Crippen molar-refractivity contribution in [3.8, 4) is 0 Å². The Balaban J connectivity index is 2.22. The van der Waals surface area contributed by atoms with Crippen molar-refractivity contribution in [1.82, 2.24) is 15.5 Å². The molecule has 1 atom stereocenters. The van der Waals surface area contributed by atoms with Crippen molar-refractivity contribution in [3.63, 3.8) is 0 Å². The summed E-state index contributed by atoms with van der Waals surface area (Å²) in [6.07, 6.45) is 0.709. The Morgan fingerprint density at radius 2 is 2.25 bits per heavy atom. The monoisotopic (exact) mass is 169 g/mol. The predicted molar refractivity (Wildman–Crippen MR) is 41.5 cm³/mol. The topological polar surface area (TPSA) is 61.4 Å². The first-order valence-corrected chi connectivity index (χ1v) is 3.95. The Kier molecular flexibility index (Phi) is 1.38. The number of nitrogens with one attached hydrogen (secondary N) is 2. The highest BCUT2D eigenvalue weighted by Gasteiger charge is 2.49. The second-order valence-corrected chi connectivity index (χ2v) is 3.48. The third-order valence-corrected chi connectivity index (χ3v) is 2.47. The Morgan fingerprint density at radius 3 is 2.67 bits per heavy atom. The molecule has 5 heteroatoms. The number of urea groups is 1. The van der Waals surface area contributed by atoms with Crippen molar-refractivity contribution in [2.24, 2.45) is 0 Å². The molecule has 66 valence electrons. The van der Waals surface area contributed by atoms with Crippen molar-refractivity contribution in [1.29, 1.82) is 0 Å². The first kappa shape index (κ1) is 7.54. The SMILES string of the molecule is CN1CC[C@]2(C1)NC(=O)NC2=O. The van der Waals surface area contributed by atoms with Crippen molar-refractivity contribution in [2.45, 2.75) is 12.0 Å². The molecule has 0 radical (unpaired) electrons. The van der Waals surface area contributed by atoms with E-state index in [0.29, 0.717) is 13.0 Å². The lowest BCUT2D eigenvalue weighted by atomic mass is 10.00. The summed E-state index contributed by atoms with van der Waals surface area (Å²) < 4.78 is 0. The Morgan fingerprint density at radius 1 is 1.50 bits per heavy atom. The minimum atomic E-state index is -0.633. The molecule has 2 heterocycles. The average Bonchev–Trinajstić information content (AvgIpc) is 2.43. The number of hydrogen-bond donors (Lipinski definition) is 2. The van der Waals surface area contributed by atoms with Gasteiger partial charge in [-0.15, -0.1) is 0 Å². The lowest BCUT2D eigenvalue weighted by Crippen LogP contribution is -2.48. The van der Waals surface area contributed by atoms with Crippen LogP contribution in [0.25, 0.3) is 0 Å². The van der Waals surface area contributed by atoms with E-state index in [2.05, 4.69) is 10.6 Å². The molecular weight excluding hydrogens is 158 g/mol. The second-order valence-electron chi connectivity index (χ2n) is 3.48. The molecule has 2 aliphatic rings. The van der Waals surface area contributed by atoms with Gasteiger partial charge in [0.05, 0.1) is 0 Å². The summed E-state index contributed by atoms with van der Waals surface area (Å²) in [4.78, 5) is 24.2. The van der Waals surface area contributed by atoms with Crippen molar-refractivity contribution < 1.29 is 9.59 Å². The van der Waals surface area contributed by atoms with Crippen LogP contribution in [0.4, 0.5) is 4.79 Å². The largest absolute Gasteiger partial charge is 0.322 e. The smallest absolute Gasteiger partial charge is 0.322 e. The van der Waals surface area contributed by atoms with Gasteiger partial charge in [-0.3, -0.25) is 10.1 Å². The first-order valence-electron chi connectivity index (χ1n) is 3.95. The maximum Gasteiger partial charge on any atom is 0.322 e. The van der Waals surface area contributed by atoms with E-state index >= 15 is 0 Å². The predicted octanol–water partition coefficient (Wildman–Crippen LogP) is -1.10. The van der Waals surface area contributed by atoms with Gasteiger partial charge in [0.2, 0.25) is 0 Å². The number of rotatable bonds is 0. The zero-order valence-corrected chi connectivity index (χ0v) is 6.89. The molecule has 0 bridgehead atoms. The molecule has 2 rings (SSSR count). The summed E-state index contributed by atoms with van der Waals surface area (Å²) in [6.45, 7) is 1.47. The van der Waals surface area contributed by atoms with Crippen LogP contribution in [0.1, 0.15) is 6.42 Å². The lowest BCUT2D eigenvalue weighted by Gasteiger charge is -2.18. The molecule has 0 saturated carbocycles. The van der Waals surface area contributed by atoms with Crippen LogP contribution in [0.15, 0.2) is 0 Å². The minimum absolute atomic E-state index is 0.183. The maximum absolute atomic E-state index is 11.3. The number of carbonyl (C=O) groups excluding carboxylic acids is 2. The van der Waals surface area contributed by atoms with E-state index < -0.39 is 5.54 Å². The molecule has 2 fully saturated rings. The van der Waals surface area contributed by atoms with Gasteiger partial charge in [-0.05, 0) is 13.5 Å². The van der Waals surface area contributed by atoms with Crippen LogP contribution < -0.4 is 10.6 Å². The number of nitrogens with zero attached hydrogens (tertiary/aromatic N) is 1. The van der Waals surface area contributed by atoms with E-state index in [1.165, 1.54) is 0 Å². The molecule has 0 aromatic heterocycles. The summed E-state index contributed by atoms with van der Waals surface area (Å²) in [5, 5.41) is 4.92. The van der Waals surface area contributed by atoms with Gasteiger partial charge in [-0.1, -0.05) is 0 Å². The highest BCUT2D eigenvalue weighted by atomic mass is 16.2. The molecule has 2 saturated heterocycles. The van der Waals surface area contributed by atoms with Crippen LogP contribution in [0.2, 0.25) is 0 Å². The van der Waals surface area contributed by atoms with E-state index in [1.807, 2.05) is 11.9 Å². The fourth-order valence-corrected chi connectivity index (χ4v) is 1.82. The maximum atomic E-state index is 11.3. The average molecular weight is 169 g/mol. The minimum Gasteiger partial charge on any atom is -0.322 e. The zero-order valence-electron chi connectivity index (χ0n) is 6.89. The Bertz CT molecular complexity index is 253. The molecule has 2 aliphatic heterocycles. The van der Waals surface area contributed by atoms with Gasteiger partial charge < -0.3 is 10.2 Å². The van der Waals surface area contributed by atoms with E-state index in [1.54, 1.807) is 0 Å². The highest BCUT2D eigenvalue weighted by Crippen LogP contribution is 2.22. The molecule has 3 amide bonds. The summed E-state index contributed by atoms with van der Waals surface area (Å²) >= 11 is 0. The second kappa shape index (κ2) is 2.20. The van der Waals surface area contributed by atoms with E-state index in [9.17, 15) is 9.59 Å². The first-order chi connectivity index (χ1) is 5.62. The number of likely N-dealkylation sites (N-methyl/N-ethyl adjacent to an activating group) is 1. The molecule has 0 aliphatic carbocycles. The van der Waals surface area contributed by atoms with Crippen LogP contribution in [0.3, 0.4) is 0 Å². The lowest BCUT2D eigenvalue weighted by molar-refractivity contribution is -0.123. The van der Waals surface area contributed by atoms with Crippen LogP contribution >= 0.6 is 0 Å². The Hall–Kier alpha value is -1.10. The van der Waals surface area contributed by atoms with Crippen molar-refractivity contribution in [2.75, 3.05) is 20.1 Å². The van der Waals surface area contributed by atoms with Crippen molar-refractivity contribution >= 4 is 11.9 Å². The number of amides is 3. The number of likely N-dealkylation sites (tertiary alicyclic amines) is 1. The number of hydrogen-bond acceptors (Lipinski definition) is 3. The van der Waals surface area contributed by atoms with Gasteiger partial charge in [-0.2, -0.15) is 0 Å². The van der Waals surface area contributed by atoms with Crippen LogP contribution in [-0.2, 0) is 4.79 Å². The Labute approximate surface area is 70.1 Å². The van der Waals surface area contributed by atoms with Gasteiger partial charge in [0.25, 0.3) is 5.91 Å². The van der Waals surface area contributed by atoms with Gasteiger partial charge in [0.1, 0.15) is 5.54 Å². The van der Waals surface area contributed by atoms with Gasteiger partial charge in [0.15, 0.2) is 0 Å². The third kappa shape index (κ3) is 0.896. The number of imide groups is 1. The summed E-state index contributed by atoms with van der Waals surface area (Å²) in [6, 6.07) is -0.365. The van der Waals surface area contributed by atoms with Gasteiger partial charge in [0, 0.05) is 13.1 Å². The number of carbonyl (C=O) groups is 2. The van der Waals surface area contributed by atoms with Crippen molar-refractivity contribution in [3.05, 3.63) is 0 Å². The summed E-state index contributed by atoms with van der Waals surface area (Å²) in [7, 11) is 1.94. The zero-order chi connectivity index (χ0) is 8.77. The van der Waals surface area contributed by atoms with E-state index in [4.69, 9.17) is 0 Å². The standard InChI is InChI=1S/C7H11N3O2/c1-10-3-2-7(4-10)5(11)8-6(12)9-7/h2-4H2,1H3,(H2,8,9,11,12)/t7-/m1/s1. The molecule has 0 aromatic rings. The molecular formula is C7H11N3O2. The fourth-order valence-electron chi connectivity index (χ4n) is 1.82.